The van der Waals surface area contributed by atoms with Gasteiger partial charge in [-0.25, -0.2) is 4.39 Å². The molecular weight excluding hydrogens is 171 g/mol. The molecule has 0 bridgehead atoms. The van der Waals surface area contributed by atoms with Crippen LogP contribution in [0, 0.1) is 5.82 Å². The van der Waals surface area contributed by atoms with Crippen LogP contribution >= 0.6 is 0 Å². The first-order valence-corrected chi connectivity index (χ1v) is 4.05. The number of nitrogens with two attached hydrogens (primary N) is 1. The Balaban J connectivity index is 2.89. The third-order valence-electron chi connectivity index (χ3n) is 1.77. The van der Waals surface area contributed by atoms with Gasteiger partial charge in [-0.05, 0) is 12.5 Å². The van der Waals surface area contributed by atoms with Crippen molar-refractivity contribution in [1.29, 1.82) is 0 Å². The fraction of sp³-hybridized carbons (Fsp3) is 0.333. The molecular formula is C9H11FN2O. The summed E-state index contributed by atoms with van der Waals surface area (Å²) in [6.07, 6.45) is 2.91. The van der Waals surface area contributed by atoms with Gasteiger partial charge in [0.05, 0.1) is 12.2 Å². The topological polar surface area (TPSA) is 56.0 Å². The Bertz CT molecular complexity index is 314. The van der Waals surface area contributed by atoms with Gasteiger partial charge in [-0.15, -0.1) is 0 Å². The number of ketones is 1. The maximum Gasteiger partial charge on any atom is 0.181 e. The van der Waals surface area contributed by atoms with Crippen molar-refractivity contribution in [2.45, 2.75) is 19.4 Å². The molecule has 2 N–H and O–H groups in total. The number of pyridine rings is 1. The summed E-state index contributed by atoms with van der Waals surface area (Å²) in [5, 5.41) is 0. The zero-order valence-electron chi connectivity index (χ0n) is 7.33. The molecule has 1 rings (SSSR count). The number of rotatable bonds is 3. The number of aromatic nitrogens is 1. The van der Waals surface area contributed by atoms with E-state index in [1.54, 1.807) is 6.92 Å². The zero-order chi connectivity index (χ0) is 9.84. The van der Waals surface area contributed by atoms with E-state index >= 15 is 0 Å². The first-order chi connectivity index (χ1) is 6.15. The monoisotopic (exact) mass is 182 g/mol. The van der Waals surface area contributed by atoms with Crippen molar-refractivity contribution in [2.24, 2.45) is 5.73 Å². The van der Waals surface area contributed by atoms with Gasteiger partial charge < -0.3 is 5.73 Å². The van der Waals surface area contributed by atoms with Crippen LogP contribution in [0.5, 0.6) is 0 Å². The number of carbonyl (C=O) groups is 1. The summed E-state index contributed by atoms with van der Waals surface area (Å²) in [6, 6.07) is 0.578. The molecule has 1 heterocycles. The van der Waals surface area contributed by atoms with Gasteiger partial charge in [0.2, 0.25) is 0 Å². The SMILES string of the molecule is CCC(N)C(=O)c1cncc(F)c1. The van der Waals surface area contributed by atoms with E-state index in [1.165, 1.54) is 6.20 Å². The van der Waals surface area contributed by atoms with Crippen LogP contribution in [-0.4, -0.2) is 16.8 Å². The molecule has 0 saturated carbocycles. The molecule has 1 unspecified atom stereocenters. The van der Waals surface area contributed by atoms with E-state index in [-0.39, 0.29) is 11.3 Å². The number of nitrogens with zero attached hydrogens (tertiary/aromatic N) is 1. The van der Waals surface area contributed by atoms with Gasteiger partial charge in [0.15, 0.2) is 5.78 Å². The lowest BCUT2D eigenvalue weighted by Gasteiger charge is -2.06. The van der Waals surface area contributed by atoms with E-state index in [0.717, 1.165) is 12.3 Å². The predicted molar refractivity (Wildman–Crippen MR) is 46.8 cm³/mol. The van der Waals surface area contributed by atoms with E-state index in [2.05, 4.69) is 4.98 Å². The molecule has 0 aliphatic heterocycles. The molecule has 0 amide bonds. The Hall–Kier alpha value is -1.29. The molecule has 0 spiro atoms. The second kappa shape index (κ2) is 4.09. The molecule has 0 saturated heterocycles. The molecule has 0 fully saturated rings. The second-order valence-corrected chi connectivity index (χ2v) is 2.77. The molecule has 13 heavy (non-hydrogen) atoms. The van der Waals surface area contributed by atoms with Crippen LogP contribution in [0.4, 0.5) is 4.39 Å². The average Bonchev–Trinajstić information content (AvgIpc) is 2.15. The van der Waals surface area contributed by atoms with Crippen LogP contribution in [0.3, 0.4) is 0 Å². The molecule has 1 atom stereocenters. The van der Waals surface area contributed by atoms with Crippen LogP contribution in [0.2, 0.25) is 0 Å². The van der Waals surface area contributed by atoms with Crippen LogP contribution in [0.15, 0.2) is 18.5 Å². The highest BCUT2D eigenvalue weighted by atomic mass is 19.1. The van der Waals surface area contributed by atoms with Gasteiger partial charge in [0, 0.05) is 11.8 Å². The minimum atomic E-state index is -0.566. The molecule has 1 aromatic rings. The third kappa shape index (κ3) is 2.32. The first kappa shape index (κ1) is 9.80. The van der Waals surface area contributed by atoms with E-state index < -0.39 is 11.9 Å². The number of carbonyl (C=O) groups excluding carboxylic acids is 1. The minimum Gasteiger partial charge on any atom is -0.321 e. The number of Topliss-reactive ketones (excluding diaryl/α,β-unsaturated/α-hetero) is 1. The van der Waals surface area contributed by atoms with Gasteiger partial charge >= 0.3 is 0 Å². The number of hydrogen-bond donors (Lipinski definition) is 1. The van der Waals surface area contributed by atoms with Crippen molar-refractivity contribution in [2.75, 3.05) is 0 Å². The Morgan fingerprint density at radius 2 is 2.38 bits per heavy atom. The van der Waals surface area contributed by atoms with Gasteiger partial charge in [-0.3, -0.25) is 9.78 Å². The summed E-state index contributed by atoms with van der Waals surface area (Å²) in [5.41, 5.74) is 5.73. The molecule has 0 aliphatic rings. The van der Waals surface area contributed by atoms with Crippen LogP contribution in [0.1, 0.15) is 23.7 Å². The summed E-state index contributed by atoms with van der Waals surface area (Å²) >= 11 is 0. The smallest absolute Gasteiger partial charge is 0.181 e. The molecule has 4 heteroatoms. The molecule has 3 nitrogen and oxygen atoms in total. The highest BCUT2D eigenvalue weighted by molar-refractivity contribution is 5.99. The summed E-state index contributed by atoms with van der Waals surface area (Å²) in [7, 11) is 0. The normalized spacial score (nSPS) is 12.5. The lowest BCUT2D eigenvalue weighted by Crippen LogP contribution is -2.29. The highest BCUT2D eigenvalue weighted by Crippen LogP contribution is 2.05. The van der Waals surface area contributed by atoms with Crippen LogP contribution in [0.25, 0.3) is 0 Å². The third-order valence-corrected chi connectivity index (χ3v) is 1.77. The Kier molecular flexibility index (Phi) is 3.08. The van der Waals surface area contributed by atoms with Crippen molar-refractivity contribution in [3.8, 4) is 0 Å². The molecule has 70 valence electrons. The Morgan fingerprint density at radius 1 is 1.69 bits per heavy atom. The van der Waals surface area contributed by atoms with E-state index in [4.69, 9.17) is 5.73 Å². The van der Waals surface area contributed by atoms with E-state index in [0.29, 0.717) is 6.42 Å². The summed E-state index contributed by atoms with van der Waals surface area (Å²) in [4.78, 5) is 15.0. The molecule has 0 radical (unpaired) electrons. The average molecular weight is 182 g/mol. The van der Waals surface area contributed by atoms with Gasteiger partial charge in [0.25, 0.3) is 0 Å². The Morgan fingerprint density at radius 3 is 2.92 bits per heavy atom. The highest BCUT2D eigenvalue weighted by Gasteiger charge is 2.14. The molecule has 1 aromatic heterocycles. The van der Waals surface area contributed by atoms with Crippen molar-refractivity contribution in [1.82, 2.24) is 4.98 Å². The van der Waals surface area contributed by atoms with E-state index in [1.807, 2.05) is 0 Å². The van der Waals surface area contributed by atoms with Gasteiger partial charge in [-0.2, -0.15) is 0 Å². The number of hydrogen-bond acceptors (Lipinski definition) is 3. The van der Waals surface area contributed by atoms with Crippen molar-refractivity contribution in [3.63, 3.8) is 0 Å². The Labute approximate surface area is 75.8 Å². The quantitative estimate of drug-likeness (QED) is 0.713. The van der Waals surface area contributed by atoms with E-state index in [9.17, 15) is 9.18 Å². The lowest BCUT2D eigenvalue weighted by molar-refractivity contribution is 0.0958. The fourth-order valence-corrected chi connectivity index (χ4v) is 0.946. The van der Waals surface area contributed by atoms with Gasteiger partial charge in [0.1, 0.15) is 5.82 Å². The first-order valence-electron chi connectivity index (χ1n) is 4.05. The molecule has 0 aliphatic carbocycles. The molecule has 0 aromatic carbocycles. The second-order valence-electron chi connectivity index (χ2n) is 2.77. The fourth-order valence-electron chi connectivity index (χ4n) is 0.946. The summed E-state index contributed by atoms with van der Waals surface area (Å²) in [5.74, 6) is -0.788. The summed E-state index contributed by atoms with van der Waals surface area (Å²) in [6.45, 7) is 1.80. The largest absolute Gasteiger partial charge is 0.321 e. The summed E-state index contributed by atoms with van der Waals surface area (Å²) < 4.78 is 12.6. The maximum absolute atomic E-state index is 12.6. The van der Waals surface area contributed by atoms with Crippen molar-refractivity contribution < 1.29 is 9.18 Å². The van der Waals surface area contributed by atoms with Crippen LogP contribution in [-0.2, 0) is 0 Å². The van der Waals surface area contributed by atoms with Crippen molar-refractivity contribution in [3.05, 3.63) is 29.8 Å². The standard InChI is InChI=1S/C9H11FN2O/c1-2-8(11)9(13)6-3-7(10)5-12-4-6/h3-5,8H,2,11H2,1H3. The van der Waals surface area contributed by atoms with Gasteiger partial charge in [-0.1, -0.05) is 6.92 Å². The van der Waals surface area contributed by atoms with Crippen molar-refractivity contribution >= 4 is 5.78 Å². The minimum absolute atomic E-state index is 0.231. The lowest BCUT2D eigenvalue weighted by atomic mass is 10.1. The van der Waals surface area contributed by atoms with Crippen LogP contribution < -0.4 is 5.73 Å². The predicted octanol–water partition coefficient (Wildman–Crippen LogP) is 1.14. The number of halogens is 1. The zero-order valence-corrected chi connectivity index (χ0v) is 7.33. The maximum atomic E-state index is 12.6.